The van der Waals surface area contributed by atoms with E-state index in [1.54, 1.807) is 0 Å². The zero-order valence-electron chi connectivity index (χ0n) is 6.51. The van der Waals surface area contributed by atoms with Gasteiger partial charge in [0.2, 0.25) is 0 Å². The van der Waals surface area contributed by atoms with Crippen LogP contribution in [0.5, 0.6) is 0 Å². The predicted molar refractivity (Wildman–Crippen MR) is 43.8 cm³/mol. The molecule has 11 heavy (non-hydrogen) atoms. The first kappa shape index (κ1) is 6.94. The molecule has 2 saturated carbocycles. The number of aliphatic hydroxyl groups is 1. The van der Waals surface area contributed by atoms with Crippen molar-refractivity contribution in [2.75, 3.05) is 0 Å². The van der Waals surface area contributed by atoms with Gasteiger partial charge in [0.1, 0.15) is 5.60 Å². The van der Waals surface area contributed by atoms with E-state index in [0.717, 1.165) is 18.4 Å². The molecule has 2 fully saturated rings. The van der Waals surface area contributed by atoms with Gasteiger partial charge in [0.15, 0.2) is 0 Å². The molecule has 0 saturated heterocycles. The fourth-order valence-electron chi connectivity index (χ4n) is 2.46. The molecule has 0 aliphatic heterocycles. The lowest BCUT2D eigenvalue weighted by atomic mass is 9.81. The minimum Gasteiger partial charge on any atom is -0.373 e. The van der Waals surface area contributed by atoms with Gasteiger partial charge in [0.05, 0.1) is 0 Å². The Morgan fingerprint density at radius 1 is 1.64 bits per heavy atom. The molecule has 1 nitrogen and oxygen atoms in total. The number of hydrogen-bond donors (Lipinski definition) is 1. The van der Waals surface area contributed by atoms with Crippen molar-refractivity contribution in [3.05, 3.63) is 12.2 Å². The van der Waals surface area contributed by atoms with Gasteiger partial charge in [-0.2, -0.15) is 0 Å². The molecular formula is C10H12O. The molecule has 0 spiro atoms. The van der Waals surface area contributed by atoms with E-state index in [4.69, 9.17) is 6.42 Å². The van der Waals surface area contributed by atoms with Crippen molar-refractivity contribution in [3.8, 4) is 12.3 Å². The molecule has 0 aromatic rings. The topological polar surface area (TPSA) is 20.2 Å². The molecule has 0 aromatic heterocycles. The molecule has 0 aromatic carbocycles. The molecule has 1 N–H and O–H groups in total. The van der Waals surface area contributed by atoms with Crippen LogP contribution in [0.1, 0.15) is 19.3 Å². The maximum atomic E-state index is 9.92. The van der Waals surface area contributed by atoms with E-state index in [2.05, 4.69) is 12.5 Å². The average Bonchev–Trinajstić information content (AvgIpc) is 2.56. The lowest BCUT2D eigenvalue weighted by Gasteiger charge is -2.28. The second-order valence-corrected chi connectivity index (χ2v) is 3.64. The van der Waals surface area contributed by atoms with Gasteiger partial charge in [-0.1, -0.05) is 12.5 Å². The van der Waals surface area contributed by atoms with Crippen molar-refractivity contribution in [1.29, 1.82) is 0 Å². The van der Waals surface area contributed by atoms with E-state index < -0.39 is 5.60 Å². The second-order valence-electron chi connectivity index (χ2n) is 3.64. The van der Waals surface area contributed by atoms with E-state index in [1.807, 2.05) is 0 Å². The standard InChI is InChI=1S/C10H12O/c1-3-10(11)7(2)8-4-5-9(10)6-8/h1,8-9,11H,2,4-6H2/t8-,9-,10-/m0/s1. The van der Waals surface area contributed by atoms with E-state index in [-0.39, 0.29) is 0 Å². The van der Waals surface area contributed by atoms with Gasteiger partial charge in [0, 0.05) is 5.92 Å². The van der Waals surface area contributed by atoms with Crippen LogP contribution in [0.4, 0.5) is 0 Å². The SMILES string of the molecule is C#C[C@]1(O)C(=C)[C@H]2CC[C@H]1C2. The van der Waals surface area contributed by atoms with Gasteiger partial charge < -0.3 is 5.11 Å². The molecule has 0 unspecified atom stereocenters. The highest BCUT2D eigenvalue weighted by Crippen LogP contribution is 2.53. The molecule has 58 valence electrons. The normalized spacial score (nSPS) is 47.8. The van der Waals surface area contributed by atoms with Crippen LogP contribution in [-0.2, 0) is 0 Å². The summed E-state index contributed by atoms with van der Waals surface area (Å²) >= 11 is 0. The van der Waals surface area contributed by atoms with Crippen molar-refractivity contribution >= 4 is 0 Å². The van der Waals surface area contributed by atoms with Gasteiger partial charge in [0.25, 0.3) is 0 Å². The Morgan fingerprint density at radius 3 is 2.73 bits per heavy atom. The van der Waals surface area contributed by atoms with Crippen LogP contribution in [0.15, 0.2) is 12.2 Å². The average molecular weight is 148 g/mol. The third-order valence-electron chi connectivity index (χ3n) is 3.23. The third kappa shape index (κ3) is 0.657. The number of rotatable bonds is 0. The van der Waals surface area contributed by atoms with Crippen molar-refractivity contribution in [2.45, 2.75) is 24.9 Å². The van der Waals surface area contributed by atoms with E-state index >= 15 is 0 Å². The Balaban J connectivity index is 2.39. The molecule has 2 aliphatic carbocycles. The maximum Gasteiger partial charge on any atom is 0.149 e. The smallest absolute Gasteiger partial charge is 0.149 e. The zero-order chi connectivity index (χ0) is 8.06. The molecule has 0 radical (unpaired) electrons. The Hall–Kier alpha value is -0.740. The van der Waals surface area contributed by atoms with Crippen LogP contribution in [-0.4, -0.2) is 10.7 Å². The summed E-state index contributed by atoms with van der Waals surface area (Å²) in [6, 6.07) is 0. The Labute approximate surface area is 67.1 Å². The monoisotopic (exact) mass is 148 g/mol. The zero-order valence-corrected chi connectivity index (χ0v) is 6.51. The molecule has 2 aliphatic rings. The van der Waals surface area contributed by atoms with Crippen molar-refractivity contribution in [1.82, 2.24) is 0 Å². The summed E-state index contributed by atoms with van der Waals surface area (Å²) in [6.45, 7) is 3.87. The van der Waals surface area contributed by atoms with E-state index in [9.17, 15) is 5.11 Å². The molecule has 0 heterocycles. The summed E-state index contributed by atoms with van der Waals surface area (Å²) < 4.78 is 0. The Bertz CT molecular complexity index is 248. The molecule has 3 atom stereocenters. The van der Waals surface area contributed by atoms with Crippen LogP contribution in [0.25, 0.3) is 0 Å². The highest BCUT2D eigenvalue weighted by Gasteiger charge is 2.51. The molecule has 2 rings (SSSR count). The minimum atomic E-state index is -0.955. The summed E-state index contributed by atoms with van der Waals surface area (Å²) in [5.74, 6) is 3.27. The highest BCUT2D eigenvalue weighted by atomic mass is 16.3. The second kappa shape index (κ2) is 1.89. The fourth-order valence-corrected chi connectivity index (χ4v) is 2.46. The van der Waals surface area contributed by atoms with Crippen LogP contribution in [0.3, 0.4) is 0 Å². The largest absolute Gasteiger partial charge is 0.373 e. The van der Waals surface area contributed by atoms with Gasteiger partial charge in [-0.25, -0.2) is 0 Å². The first-order chi connectivity index (χ1) is 5.18. The first-order valence-corrected chi connectivity index (χ1v) is 4.08. The molecule has 2 bridgehead atoms. The van der Waals surface area contributed by atoms with Gasteiger partial charge in [-0.3, -0.25) is 0 Å². The van der Waals surface area contributed by atoms with Crippen molar-refractivity contribution in [2.24, 2.45) is 11.8 Å². The summed E-state index contributed by atoms with van der Waals surface area (Å²) in [7, 11) is 0. The Kier molecular flexibility index (Phi) is 1.20. The summed E-state index contributed by atoms with van der Waals surface area (Å²) in [5.41, 5.74) is -0.0700. The van der Waals surface area contributed by atoms with E-state index in [1.165, 1.54) is 6.42 Å². The van der Waals surface area contributed by atoms with E-state index in [0.29, 0.717) is 11.8 Å². The van der Waals surface area contributed by atoms with Gasteiger partial charge in [-0.15, -0.1) is 6.42 Å². The van der Waals surface area contributed by atoms with Crippen LogP contribution >= 0.6 is 0 Å². The summed E-state index contributed by atoms with van der Waals surface area (Å²) in [6.07, 6.45) is 8.59. The number of terminal acetylenes is 1. The summed E-state index contributed by atoms with van der Waals surface area (Å²) in [5, 5.41) is 9.92. The van der Waals surface area contributed by atoms with Crippen LogP contribution < -0.4 is 0 Å². The lowest BCUT2D eigenvalue weighted by Crippen LogP contribution is -2.34. The quantitative estimate of drug-likeness (QED) is 0.406. The highest BCUT2D eigenvalue weighted by molar-refractivity contribution is 5.37. The molecular weight excluding hydrogens is 136 g/mol. The lowest BCUT2D eigenvalue weighted by molar-refractivity contribution is 0.0856. The summed E-state index contributed by atoms with van der Waals surface area (Å²) in [4.78, 5) is 0. The first-order valence-electron chi connectivity index (χ1n) is 4.08. The Morgan fingerprint density at radius 2 is 2.36 bits per heavy atom. The fraction of sp³-hybridized carbons (Fsp3) is 0.600. The van der Waals surface area contributed by atoms with Crippen LogP contribution in [0, 0.1) is 24.2 Å². The minimum absolute atomic E-state index is 0.296. The molecule has 0 amide bonds. The van der Waals surface area contributed by atoms with Gasteiger partial charge >= 0.3 is 0 Å². The predicted octanol–water partition coefficient (Wildman–Crippen LogP) is 1.34. The van der Waals surface area contributed by atoms with Crippen molar-refractivity contribution < 1.29 is 5.11 Å². The number of fused-ring (bicyclic) bond motifs is 2. The molecule has 1 heteroatoms. The van der Waals surface area contributed by atoms with Crippen molar-refractivity contribution in [3.63, 3.8) is 0 Å². The maximum absolute atomic E-state index is 9.92. The number of hydrogen-bond acceptors (Lipinski definition) is 1. The van der Waals surface area contributed by atoms with Crippen LogP contribution in [0.2, 0.25) is 0 Å². The third-order valence-corrected chi connectivity index (χ3v) is 3.23. The van der Waals surface area contributed by atoms with Gasteiger partial charge in [-0.05, 0) is 30.8 Å².